The number of rotatable bonds is 8. The Labute approximate surface area is 282 Å². The van der Waals surface area contributed by atoms with Gasteiger partial charge in [0.05, 0.1) is 17.7 Å². The molecule has 47 heavy (non-hydrogen) atoms. The van der Waals surface area contributed by atoms with E-state index in [2.05, 4.69) is 9.97 Å². The molecule has 0 atom stereocenters. The number of aromatic nitrogens is 4. The predicted molar refractivity (Wildman–Crippen MR) is 175 cm³/mol. The maximum atomic E-state index is 12.9. The lowest BCUT2D eigenvalue weighted by Gasteiger charge is -2.15. The van der Waals surface area contributed by atoms with Gasteiger partial charge in [-0.3, -0.25) is 24.2 Å². The van der Waals surface area contributed by atoms with Gasteiger partial charge in [0.1, 0.15) is 37.6 Å². The fourth-order valence-electron chi connectivity index (χ4n) is 5.05. The first-order chi connectivity index (χ1) is 22.5. The second kappa shape index (κ2) is 16.5. The molecule has 0 saturated heterocycles. The second-order valence-electron chi connectivity index (χ2n) is 10.5. The van der Waals surface area contributed by atoms with Crippen LogP contribution in [0.2, 0.25) is 0 Å². The molecular weight excluding hydrogens is 674 g/mol. The zero-order valence-electron chi connectivity index (χ0n) is 24.9. The van der Waals surface area contributed by atoms with Crippen molar-refractivity contribution in [1.82, 2.24) is 19.1 Å². The van der Waals surface area contributed by atoms with E-state index in [4.69, 9.17) is 34.0 Å². The molecule has 0 spiro atoms. The third-order valence-corrected chi connectivity index (χ3v) is 8.91. The molecule has 2 aliphatic carbocycles. The van der Waals surface area contributed by atoms with E-state index in [1.807, 2.05) is 6.42 Å². The Morgan fingerprint density at radius 1 is 0.894 bits per heavy atom. The fourth-order valence-corrected chi connectivity index (χ4v) is 6.46. The molecule has 0 amide bonds. The lowest BCUT2D eigenvalue weighted by atomic mass is 10.2. The number of hydrogen-bond donors (Lipinski definition) is 3. The number of carbonyl (C=O) groups is 2. The molecule has 2 aliphatic rings. The standard InChI is InChI=1S/C16H15FN2O3S.C9H8N2O3S.C7H6ClF/c17-11-6-4-10(5-7-11)9-23-16-18-15(22)12-2-1-3-13(12)19(16)8-14(20)21;12-7(13)4-11-6-3-1-2-5(6)8(14)10-9(11)15;8-5-6-1-3-7(9)4-2-6/h4-7H,1-3,8-9H2,(H,20,21);1H,2-4H2,(H-,10,12,13,14,15);1-4H,5H2/p+1. The normalized spacial score (nSPS) is 12.5. The Bertz CT molecular complexity index is 1930. The van der Waals surface area contributed by atoms with E-state index in [-0.39, 0.29) is 40.6 Å². The van der Waals surface area contributed by atoms with Crippen molar-refractivity contribution < 1.29 is 28.6 Å². The third kappa shape index (κ3) is 9.62. The summed E-state index contributed by atoms with van der Waals surface area (Å²) in [4.78, 5) is 51.9. The number of alkyl halides is 1. The zero-order valence-corrected chi connectivity index (χ0v) is 27.3. The number of nitrogens with zero attached hydrogens (tertiary/aromatic N) is 3. The van der Waals surface area contributed by atoms with Gasteiger partial charge in [-0.2, -0.15) is 4.98 Å². The lowest BCUT2D eigenvalue weighted by molar-refractivity contribution is -0.138. The molecule has 2 heterocycles. The van der Waals surface area contributed by atoms with E-state index < -0.39 is 11.9 Å². The molecule has 0 unspecified atom stereocenters. The van der Waals surface area contributed by atoms with Crippen LogP contribution in [0.15, 0.2) is 63.3 Å². The number of fused-ring (bicyclic) bond motifs is 2. The van der Waals surface area contributed by atoms with Crippen molar-refractivity contribution in [3.63, 3.8) is 0 Å². The van der Waals surface area contributed by atoms with Crippen LogP contribution in [0.5, 0.6) is 0 Å². The van der Waals surface area contributed by atoms with Gasteiger partial charge in [-0.15, -0.1) is 11.6 Å². The van der Waals surface area contributed by atoms with Gasteiger partial charge >= 0.3 is 11.9 Å². The smallest absolute Gasteiger partial charge is 0.323 e. The first-order valence-electron chi connectivity index (χ1n) is 14.4. The fraction of sp³-hybridized carbons (Fsp3) is 0.281. The van der Waals surface area contributed by atoms with Crippen LogP contribution < -0.4 is 11.1 Å². The highest BCUT2D eigenvalue weighted by Crippen LogP contribution is 2.26. The molecule has 2 aromatic heterocycles. The minimum atomic E-state index is -0.966. The molecule has 0 radical (unpaired) electrons. The van der Waals surface area contributed by atoms with Crippen LogP contribution in [0, 0.1) is 22.8 Å². The summed E-state index contributed by atoms with van der Waals surface area (Å²) in [6.07, 6.45) is 5.33. The summed E-state index contributed by atoms with van der Waals surface area (Å²) in [6, 6.07) is 12.2. The van der Waals surface area contributed by atoms with Gasteiger partial charge in [0.15, 0.2) is 9.93 Å². The number of benzene rings is 2. The van der Waals surface area contributed by atoms with Crippen LogP contribution in [0.4, 0.5) is 8.78 Å². The Balaban J connectivity index is 0.000000178. The molecule has 0 aliphatic heterocycles. The number of carboxylic acid groups (broad SMARTS) is 2. The van der Waals surface area contributed by atoms with Crippen LogP contribution in [-0.2, 0) is 60.0 Å². The molecule has 4 aromatic rings. The number of carboxylic acids is 2. The van der Waals surface area contributed by atoms with Crippen molar-refractivity contribution in [2.75, 3.05) is 0 Å². The first-order valence-corrected chi connectivity index (χ1v) is 16.3. The van der Waals surface area contributed by atoms with Gasteiger partial charge in [-0.1, -0.05) is 36.0 Å². The molecule has 10 nitrogen and oxygen atoms in total. The van der Waals surface area contributed by atoms with E-state index in [1.54, 1.807) is 28.8 Å². The van der Waals surface area contributed by atoms with Crippen molar-refractivity contribution in [2.45, 2.75) is 62.0 Å². The van der Waals surface area contributed by atoms with E-state index in [1.165, 1.54) is 40.6 Å². The van der Waals surface area contributed by atoms with Gasteiger partial charge in [0.2, 0.25) is 0 Å². The monoisotopic (exact) mass is 703 g/mol. The average Bonchev–Trinajstić information content (AvgIpc) is 3.73. The highest BCUT2D eigenvalue weighted by molar-refractivity contribution is 7.98. The maximum Gasteiger partial charge on any atom is 0.323 e. The number of thioether (sulfide) groups is 1. The summed E-state index contributed by atoms with van der Waals surface area (Å²) in [6.45, 7) is -0.410. The molecule has 0 bridgehead atoms. The number of aliphatic carboxylic acids is 2. The number of aromatic amines is 1. The summed E-state index contributed by atoms with van der Waals surface area (Å²) < 4.78 is 28.4. The van der Waals surface area contributed by atoms with Crippen molar-refractivity contribution >= 4 is 47.5 Å². The molecule has 2 aromatic carbocycles. The van der Waals surface area contributed by atoms with Gasteiger partial charge < -0.3 is 19.3 Å². The average molecular weight is 704 g/mol. The Morgan fingerprint density at radius 3 is 2.09 bits per heavy atom. The zero-order chi connectivity index (χ0) is 34.1. The van der Waals surface area contributed by atoms with E-state index >= 15 is 0 Å². The quantitative estimate of drug-likeness (QED) is 0.0749. The molecule has 0 saturated carbocycles. The highest BCUT2D eigenvalue weighted by Gasteiger charge is 2.26. The van der Waals surface area contributed by atoms with Crippen LogP contribution in [0.1, 0.15) is 40.1 Å². The van der Waals surface area contributed by atoms with Crippen molar-refractivity contribution in [3.05, 3.63) is 126 Å². The third-order valence-electron chi connectivity index (χ3n) is 7.24. The number of H-pyrrole nitrogens is 1. The summed E-state index contributed by atoms with van der Waals surface area (Å²) in [5.41, 5.74) is 4.14. The predicted octanol–water partition coefficient (Wildman–Crippen LogP) is 5.11. The van der Waals surface area contributed by atoms with E-state index in [0.29, 0.717) is 53.6 Å². The number of nitrogens with one attached hydrogen (secondary N) is 1. The molecule has 246 valence electrons. The van der Waals surface area contributed by atoms with Crippen molar-refractivity contribution in [2.24, 2.45) is 0 Å². The SMILES string of the molecule is Fc1ccc(CCl)cc1.O=C(O)Cn1c(SCc2ccc(F)cc2)nc(=O)c2c1CCC2.O=C(O)Cn1c2c(c(=O)[nH]c1=S)C[CH+]C2. The van der Waals surface area contributed by atoms with Gasteiger partial charge in [0.25, 0.3) is 11.1 Å². The summed E-state index contributed by atoms with van der Waals surface area (Å²) >= 11 is 11.7. The summed E-state index contributed by atoms with van der Waals surface area (Å²) in [5, 5.41) is 18.3. The minimum absolute atomic E-state index is 0.177. The first kappa shape index (κ1) is 35.6. The van der Waals surface area contributed by atoms with Gasteiger partial charge in [-0.05, 0) is 66.9 Å². The summed E-state index contributed by atoms with van der Waals surface area (Å²) in [5.74, 6) is -1.52. The minimum Gasteiger partial charge on any atom is -0.480 e. The van der Waals surface area contributed by atoms with E-state index in [0.717, 1.165) is 28.9 Å². The molecule has 0 fully saturated rings. The largest absolute Gasteiger partial charge is 0.480 e. The second-order valence-corrected chi connectivity index (χ2v) is 12.1. The Hall–Kier alpha value is -4.27. The lowest BCUT2D eigenvalue weighted by Crippen LogP contribution is -2.24. The van der Waals surface area contributed by atoms with Crippen molar-refractivity contribution in [3.8, 4) is 0 Å². The van der Waals surface area contributed by atoms with E-state index in [9.17, 15) is 28.0 Å². The van der Waals surface area contributed by atoms with Crippen LogP contribution in [-0.4, -0.2) is 41.3 Å². The van der Waals surface area contributed by atoms with Crippen LogP contribution in [0.3, 0.4) is 0 Å². The van der Waals surface area contributed by atoms with Crippen LogP contribution >= 0.6 is 35.6 Å². The molecular formula is C32H30ClF2N4O6S2+. The Kier molecular flexibility index (Phi) is 12.5. The maximum absolute atomic E-state index is 12.9. The topological polar surface area (TPSA) is 147 Å². The van der Waals surface area contributed by atoms with Crippen molar-refractivity contribution in [1.29, 1.82) is 0 Å². The number of hydrogen-bond acceptors (Lipinski definition) is 7. The van der Waals surface area contributed by atoms with Gasteiger partial charge in [0, 0.05) is 22.9 Å². The molecule has 15 heteroatoms. The molecule has 6 rings (SSSR count). The molecule has 3 N–H and O–H groups in total. The van der Waals surface area contributed by atoms with Crippen LogP contribution in [0.25, 0.3) is 0 Å². The van der Waals surface area contributed by atoms with Gasteiger partial charge in [-0.25, -0.2) is 8.78 Å². The highest BCUT2D eigenvalue weighted by atomic mass is 35.5. The number of halogens is 3. The summed E-state index contributed by atoms with van der Waals surface area (Å²) in [7, 11) is 0. The Morgan fingerprint density at radius 2 is 1.49 bits per heavy atom.